The SMILES string of the molecule is COc1cc(C(=O)O)ccc1N=Nc1c(S(=O)(=O)O)cc2cc(NC(=O)c3ccc(C(=O)Nc4ccc5c(O)c(N=Nc6ccc(C(=O)O)cc6OC)c(S(=O)(=O)O)cc5c4)cc3)ccc2c1O. The lowest BCUT2D eigenvalue weighted by Gasteiger charge is -2.12. The van der Waals surface area contributed by atoms with E-state index in [4.69, 9.17) is 9.47 Å². The van der Waals surface area contributed by atoms with E-state index in [-0.39, 0.29) is 78.0 Å². The molecule has 7 rings (SSSR count). The first kappa shape index (κ1) is 47.1. The smallest absolute Gasteiger partial charge is 0.335 e. The molecule has 68 heavy (non-hydrogen) atoms. The van der Waals surface area contributed by atoms with E-state index < -0.39 is 76.7 Å². The number of nitrogens with one attached hydrogen (secondary N) is 2. The van der Waals surface area contributed by atoms with Gasteiger partial charge >= 0.3 is 11.9 Å². The monoisotopic (exact) mass is 964 g/mol. The van der Waals surface area contributed by atoms with Crippen LogP contribution in [0.2, 0.25) is 0 Å². The van der Waals surface area contributed by atoms with Crippen LogP contribution in [0.4, 0.5) is 34.1 Å². The number of fused-ring (bicyclic) bond motifs is 2. The molecule has 0 bridgehead atoms. The van der Waals surface area contributed by atoms with Crippen LogP contribution in [-0.4, -0.2) is 84.3 Å². The fourth-order valence-corrected chi connectivity index (χ4v) is 7.93. The molecule has 0 heterocycles. The summed E-state index contributed by atoms with van der Waals surface area (Å²) in [5.74, 6) is -5.28. The van der Waals surface area contributed by atoms with Crippen LogP contribution in [0.3, 0.4) is 0 Å². The minimum absolute atomic E-state index is 0.0263. The summed E-state index contributed by atoms with van der Waals surface area (Å²) in [6, 6.07) is 22.6. The third-order valence-corrected chi connectivity index (χ3v) is 11.7. The van der Waals surface area contributed by atoms with Crippen molar-refractivity contribution in [3.05, 3.63) is 131 Å². The Balaban J connectivity index is 1.08. The molecule has 0 unspecified atom stereocenters. The van der Waals surface area contributed by atoms with Crippen LogP contribution in [0.15, 0.2) is 139 Å². The minimum atomic E-state index is -5.04. The van der Waals surface area contributed by atoms with Crippen molar-refractivity contribution in [2.45, 2.75) is 9.79 Å². The second-order valence-corrected chi connectivity index (χ2v) is 17.0. The van der Waals surface area contributed by atoms with E-state index in [1.807, 2.05) is 0 Å². The fraction of sp³-hybridized carbons (Fsp3) is 0.0455. The molecule has 0 saturated heterocycles. The van der Waals surface area contributed by atoms with Crippen molar-refractivity contribution in [1.82, 2.24) is 0 Å². The number of amides is 2. The summed E-state index contributed by atoms with van der Waals surface area (Å²) in [7, 11) is -7.59. The van der Waals surface area contributed by atoms with E-state index in [0.29, 0.717) is 0 Å². The zero-order valence-corrected chi connectivity index (χ0v) is 36.4. The van der Waals surface area contributed by atoms with Crippen molar-refractivity contribution in [2.75, 3.05) is 24.9 Å². The number of azo groups is 2. The van der Waals surface area contributed by atoms with Crippen molar-refractivity contribution in [3.8, 4) is 23.0 Å². The predicted molar refractivity (Wildman–Crippen MR) is 241 cm³/mol. The van der Waals surface area contributed by atoms with E-state index in [0.717, 1.165) is 24.3 Å². The second-order valence-electron chi connectivity index (χ2n) is 14.2. The molecule has 0 aliphatic heterocycles. The Kier molecular flexibility index (Phi) is 12.9. The molecule has 2 amide bonds. The van der Waals surface area contributed by atoms with E-state index >= 15 is 0 Å². The van der Waals surface area contributed by atoms with Gasteiger partial charge in [0.25, 0.3) is 32.1 Å². The van der Waals surface area contributed by atoms with Crippen LogP contribution in [-0.2, 0) is 20.2 Å². The zero-order chi connectivity index (χ0) is 49.2. The van der Waals surface area contributed by atoms with Crippen LogP contribution in [0.1, 0.15) is 41.4 Å². The summed E-state index contributed by atoms with van der Waals surface area (Å²) >= 11 is 0. The van der Waals surface area contributed by atoms with Gasteiger partial charge in [0.2, 0.25) is 0 Å². The average molecular weight is 965 g/mol. The molecular weight excluding hydrogens is 933 g/mol. The van der Waals surface area contributed by atoms with E-state index in [1.54, 1.807) is 0 Å². The summed E-state index contributed by atoms with van der Waals surface area (Å²) in [6.45, 7) is 0. The normalized spacial score (nSPS) is 11.8. The van der Waals surface area contributed by atoms with Gasteiger partial charge in [-0.3, -0.25) is 18.7 Å². The van der Waals surface area contributed by atoms with Crippen LogP contribution in [0, 0.1) is 0 Å². The number of phenols is 2. The standard InChI is InChI=1S/C44H32N6O16S2/c1-65-33-17-23(43(55)56)7-13-31(33)47-49-37-35(67(59,60)61)19-25-15-27(9-11-29(25)39(37)51)45-41(53)21-3-5-22(6-4-21)42(54)46-28-10-12-30-26(16-28)20-36(68(62,63)64)38(40(30)52)50-48-32-14-8-24(44(57)58)18-34(32)66-2/h3-20,51-52H,1-2H3,(H,45,53)(H,46,54)(H,55,56)(H,57,58)(H,59,60,61)(H,62,63,64). The highest BCUT2D eigenvalue weighted by atomic mass is 32.2. The third kappa shape index (κ3) is 9.87. The lowest BCUT2D eigenvalue weighted by molar-refractivity contribution is 0.0686. The summed E-state index contributed by atoms with van der Waals surface area (Å²) in [5.41, 5.74) is -1.18. The quantitative estimate of drug-likeness (QED) is 0.0373. The zero-order valence-electron chi connectivity index (χ0n) is 34.8. The van der Waals surface area contributed by atoms with Crippen LogP contribution in [0.5, 0.6) is 23.0 Å². The fourth-order valence-electron chi connectivity index (χ4n) is 6.62. The molecular formula is C44H32N6O16S2. The molecule has 0 fully saturated rings. The molecule has 0 spiro atoms. The molecule has 0 saturated carbocycles. The van der Waals surface area contributed by atoms with Crippen molar-refractivity contribution in [1.29, 1.82) is 0 Å². The highest BCUT2D eigenvalue weighted by Crippen LogP contribution is 2.44. The largest absolute Gasteiger partial charge is 0.505 e. The van der Waals surface area contributed by atoms with Gasteiger partial charge in [-0.05, 0) is 120 Å². The number of hydrogen-bond acceptors (Lipinski definition) is 16. The van der Waals surface area contributed by atoms with E-state index in [1.165, 1.54) is 99.1 Å². The molecule has 0 aliphatic rings. The van der Waals surface area contributed by atoms with Crippen molar-refractivity contribution >= 4 is 99.7 Å². The number of ether oxygens (including phenoxy) is 2. The average Bonchev–Trinajstić information content (AvgIpc) is 3.29. The van der Waals surface area contributed by atoms with E-state index in [2.05, 4.69) is 31.1 Å². The van der Waals surface area contributed by atoms with Gasteiger partial charge in [-0.2, -0.15) is 16.8 Å². The number of aromatic hydroxyl groups is 2. The number of carboxylic acids is 2. The number of carboxylic acid groups (broad SMARTS) is 2. The number of anilines is 2. The maximum Gasteiger partial charge on any atom is 0.335 e. The van der Waals surface area contributed by atoms with Gasteiger partial charge in [-0.15, -0.1) is 20.5 Å². The highest BCUT2D eigenvalue weighted by Gasteiger charge is 2.25. The number of rotatable bonds is 14. The number of aromatic carboxylic acids is 2. The highest BCUT2D eigenvalue weighted by molar-refractivity contribution is 7.86. The third-order valence-electron chi connectivity index (χ3n) is 9.95. The molecule has 0 aliphatic carbocycles. The van der Waals surface area contributed by atoms with Crippen molar-refractivity contribution in [3.63, 3.8) is 0 Å². The first-order valence-corrected chi connectivity index (χ1v) is 22.0. The van der Waals surface area contributed by atoms with Crippen LogP contribution in [0.25, 0.3) is 21.5 Å². The number of hydrogen-bond donors (Lipinski definition) is 8. The Morgan fingerprint density at radius 3 is 1.16 bits per heavy atom. The lowest BCUT2D eigenvalue weighted by Crippen LogP contribution is -2.14. The van der Waals surface area contributed by atoms with E-state index in [9.17, 15) is 65.5 Å². The number of carbonyl (C=O) groups is 4. The maximum atomic E-state index is 13.3. The molecule has 0 atom stereocenters. The predicted octanol–water partition coefficient (Wildman–Crippen LogP) is 8.65. The van der Waals surface area contributed by atoms with Gasteiger partial charge in [-0.1, -0.05) is 0 Å². The Labute approximate surface area is 383 Å². The van der Waals surface area contributed by atoms with Gasteiger partial charge in [-0.25, -0.2) is 9.59 Å². The summed E-state index contributed by atoms with van der Waals surface area (Å²) in [5, 5.41) is 61.6. The Bertz CT molecular complexity index is 3330. The summed E-state index contributed by atoms with van der Waals surface area (Å²) in [4.78, 5) is 47.5. The topological polar surface area (TPSA) is 350 Å². The summed E-state index contributed by atoms with van der Waals surface area (Å²) in [6.07, 6.45) is 0. The Morgan fingerprint density at radius 2 is 0.838 bits per heavy atom. The molecule has 24 heteroatoms. The minimum Gasteiger partial charge on any atom is -0.505 e. The van der Waals surface area contributed by atoms with Gasteiger partial charge in [0, 0.05) is 33.3 Å². The van der Waals surface area contributed by atoms with Crippen molar-refractivity contribution in [2.24, 2.45) is 20.5 Å². The molecule has 22 nitrogen and oxygen atoms in total. The van der Waals surface area contributed by atoms with Gasteiger partial charge < -0.3 is 40.5 Å². The number of carbonyl (C=O) groups excluding carboxylic acids is 2. The number of methoxy groups -OCH3 is 2. The number of phenolic OH excluding ortho intramolecular Hbond substituents is 2. The van der Waals surface area contributed by atoms with Crippen molar-refractivity contribution < 1.29 is 75.0 Å². The maximum absolute atomic E-state index is 13.3. The Hall–Kier alpha value is -8.84. The number of nitrogens with zero attached hydrogens (tertiary/aromatic N) is 4. The Morgan fingerprint density at radius 1 is 0.485 bits per heavy atom. The number of benzene rings is 7. The molecule has 7 aromatic rings. The molecule has 346 valence electrons. The second kappa shape index (κ2) is 18.6. The molecule has 0 aromatic heterocycles. The van der Waals surface area contributed by atoms with Gasteiger partial charge in [0.15, 0.2) is 11.5 Å². The first-order chi connectivity index (χ1) is 32.2. The van der Waals surface area contributed by atoms with Crippen LogP contribution >= 0.6 is 0 Å². The first-order valence-electron chi connectivity index (χ1n) is 19.1. The molecule has 7 aromatic carbocycles. The van der Waals surface area contributed by atoms with Gasteiger partial charge in [0.1, 0.15) is 44.0 Å². The van der Waals surface area contributed by atoms with Gasteiger partial charge in [0.05, 0.1) is 25.3 Å². The molecule has 0 radical (unpaired) electrons. The molecule has 8 N–H and O–H groups in total. The summed E-state index contributed by atoms with van der Waals surface area (Å²) < 4.78 is 80.1. The van der Waals surface area contributed by atoms with Crippen LogP contribution < -0.4 is 20.1 Å². The lowest BCUT2D eigenvalue weighted by atomic mass is 10.1.